The molecule has 0 radical (unpaired) electrons. The summed E-state index contributed by atoms with van der Waals surface area (Å²) in [5.41, 5.74) is 1.03. The van der Waals surface area contributed by atoms with E-state index in [1.54, 1.807) is 23.7 Å². The van der Waals surface area contributed by atoms with Crippen molar-refractivity contribution in [1.82, 2.24) is 19.9 Å². The van der Waals surface area contributed by atoms with Crippen LogP contribution in [0.2, 0.25) is 0 Å². The van der Waals surface area contributed by atoms with Crippen LogP contribution in [0.3, 0.4) is 0 Å². The average Bonchev–Trinajstić information content (AvgIpc) is 2.99. The van der Waals surface area contributed by atoms with E-state index in [4.69, 9.17) is 4.42 Å². The SMILES string of the molecule is CC1CC1c1ccc(CN(C)Cc2csc(-c3ncccn3)n2)o1. The van der Waals surface area contributed by atoms with Gasteiger partial charge in [0.2, 0.25) is 0 Å². The van der Waals surface area contributed by atoms with Crippen molar-refractivity contribution in [2.24, 2.45) is 5.92 Å². The van der Waals surface area contributed by atoms with Crippen LogP contribution in [0.15, 0.2) is 40.4 Å². The summed E-state index contributed by atoms with van der Waals surface area (Å²) >= 11 is 1.58. The molecule has 4 rings (SSSR count). The molecule has 1 aliphatic rings. The third-order valence-corrected chi connectivity index (χ3v) is 5.21. The highest BCUT2D eigenvalue weighted by Gasteiger charge is 2.36. The van der Waals surface area contributed by atoms with Gasteiger partial charge in [-0.25, -0.2) is 15.0 Å². The first-order chi connectivity index (χ1) is 11.7. The van der Waals surface area contributed by atoms with Crippen molar-refractivity contribution in [3.8, 4) is 10.8 Å². The molecule has 1 saturated carbocycles. The van der Waals surface area contributed by atoms with Gasteiger partial charge in [-0.15, -0.1) is 11.3 Å². The normalized spacial score (nSPS) is 19.8. The van der Waals surface area contributed by atoms with Crippen LogP contribution >= 0.6 is 11.3 Å². The van der Waals surface area contributed by atoms with Gasteiger partial charge in [0.15, 0.2) is 10.8 Å². The highest BCUT2D eigenvalue weighted by Crippen LogP contribution is 2.47. The fraction of sp³-hybridized carbons (Fsp3) is 0.389. The number of furan rings is 1. The fourth-order valence-electron chi connectivity index (χ4n) is 2.89. The summed E-state index contributed by atoms with van der Waals surface area (Å²) in [5.74, 6) is 4.26. The van der Waals surface area contributed by atoms with Crippen molar-refractivity contribution in [1.29, 1.82) is 0 Å². The van der Waals surface area contributed by atoms with Crippen LogP contribution in [0.4, 0.5) is 0 Å². The first-order valence-electron chi connectivity index (χ1n) is 8.18. The van der Waals surface area contributed by atoms with Gasteiger partial charge in [0.05, 0.1) is 12.2 Å². The van der Waals surface area contributed by atoms with E-state index in [-0.39, 0.29) is 0 Å². The van der Waals surface area contributed by atoms with Gasteiger partial charge in [-0.1, -0.05) is 6.92 Å². The van der Waals surface area contributed by atoms with Crippen molar-refractivity contribution < 1.29 is 4.42 Å². The Morgan fingerprint density at radius 3 is 2.79 bits per heavy atom. The van der Waals surface area contributed by atoms with Crippen molar-refractivity contribution in [2.75, 3.05) is 7.05 Å². The van der Waals surface area contributed by atoms with Crippen molar-refractivity contribution >= 4 is 11.3 Å². The first-order valence-corrected chi connectivity index (χ1v) is 9.06. The Bertz CT molecular complexity index is 813. The van der Waals surface area contributed by atoms with Crippen molar-refractivity contribution in [3.63, 3.8) is 0 Å². The van der Waals surface area contributed by atoms with Gasteiger partial charge in [-0.05, 0) is 37.6 Å². The quantitative estimate of drug-likeness (QED) is 0.680. The van der Waals surface area contributed by atoms with E-state index in [1.807, 2.05) is 6.07 Å². The van der Waals surface area contributed by atoms with Gasteiger partial charge in [-0.3, -0.25) is 4.90 Å². The van der Waals surface area contributed by atoms with E-state index < -0.39 is 0 Å². The Kier molecular flexibility index (Phi) is 4.16. The molecule has 5 nitrogen and oxygen atoms in total. The Morgan fingerprint density at radius 2 is 2.04 bits per heavy atom. The maximum absolute atomic E-state index is 5.98. The summed E-state index contributed by atoms with van der Waals surface area (Å²) in [6, 6.07) is 6.04. The van der Waals surface area contributed by atoms with E-state index in [2.05, 4.69) is 51.3 Å². The Hall–Kier alpha value is -2.05. The monoisotopic (exact) mass is 340 g/mol. The molecule has 0 aliphatic heterocycles. The van der Waals surface area contributed by atoms with Crippen LogP contribution in [0.25, 0.3) is 10.8 Å². The van der Waals surface area contributed by atoms with E-state index in [1.165, 1.54) is 6.42 Å². The standard InChI is InChI=1S/C18H20N4OS/c1-12-8-15(12)16-5-4-14(23-16)10-22(2)9-13-11-24-18(21-13)17-19-6-3-7-20-17/h3-7,11-12,15H,8-10H2,1-2H3. The number of rotatable bonds is 6. The lowest BCUT2D eigenvalue weighted by atomic mass is 10.3. The number of hydrogen-bond acceptors (Lipinski definition) is 6. The van der Waals surface area contributed by atoms with Crippen LogP contribution in [0, 0.1) is 5.92 Å². The van der Waals surface area contributed by atoms with Crippen LogP contribution in [0.1, 0.15) is 36.5 Å². The Labute approximate surface area is 145 Å². The molecule has 0 bridgehead atoms. The molecule has 0 amide bonds. The molecule has 0 spiro atoms. The Balaban J connectivity index is 1.37. The second kappa shape index (κ2) is 6.45. The first kappa shape index (κ1) is 15.5. The number of thiazole rings is 1. The molecule has 24 heavy (non-hydrogen) atoms. The molecule has 6 heteroatoms. The van der Waals surface area contributed by atoms with E-state index in [9.17, 15) is 0 Å². The minimum atomic E-state index is 0.635. The van der Waals surface area contributed by atoms with Crippen LogP contribution in [-0.4, -0.2) is 26.9 Å². The number of aromatic nitrogens is 3. The van der Waals surface area contributed by atoms with Crippen LogP contribution in [-0.2, 0) is 13.1 Å². The zero-order valence-corrected chi connectivity index (χ0v) is 14.7. The van der Waals surface area contributed by atoms with Gasteiger partial charge in [-0.2, -0.15) is 0 Å². The fourth-order valence-corrected chi connectivity index (χ4v) is 3.64. The molecule has 0 aromatic carbocycles. The molecule has 1 fully saturated rings. The summed E-state index contributed by atoms with van der Waals surface area (Å²) in [6.45, 7) is 3.84. The largest absolute Gasteiger partial charge is 0.464 e. The predicted molar refractivity (Wildman–Crippen MR) is 93.5 cm³/mol. The van der Waals surface area contributed by atoms with Gasteiger partial charge < -0.3 is 4.42 Å². The zero-order chi connectivity index (χ0) is 16.5. The van der Waals surface area contributed by atoms with E-state index in [0.717, 1.165) is 41.2 Å². The molecule has 3 heterocycles. The predicted octanol–water partition coefficient (Wildman–Crippen LogP) is 3.95. The summed E-state index contributed by atoms with van der Waals surface area (Å²) in [7, 11) is 2.08. The molecule has 2 atom stereocenters. The van der Waals surface area contributed by atoms with Crippen LogP contribution < -0.4 is 0 Å². The van der Waals surface area contributed by atoms with Crippen LogP contribution in [0.5, 0.6) is 0 Å². The van der Waals surface area contributed by atoms with Gasteiger partial charge in [0.25, 0.3) is 0 Å². The van der Waals surface area contributed by atoms with Gasteiger partial charge >= 0.3 is 0 Å². The Morgan fingerprint density at radius 1 is 1.25 bits per heavy atom. The zero-order valence-electron chi connectivity index (χ0n) is 13.8. The average molecular weight is 340 g/mol. The maximum atomic E-state index is 5.98. The minimum Gasteiger partial charge on any atom is -0.464 e. The number of nitrogens with zero attached hydrogens (tertiary/aromatic N) is 4. The van der Waals surface area contributed by atoms with Crippen molar-refractivity contribution in [2.45, 2.75) is 32.4 Å². The smallest absolute Gasteiger partial charge is 0.188 e. The highest BCUT2D eigenvalue weighted by atomic mass is 32.1. The lowest BCUT2D eigenvalue weighted by molar-refractivity contribution is 0.281. The molecule has 124 valence electrons. The molecular formula is C18H20N4OS. The summed E-state index contributed by atoms with van der Waals surface area (Å²) in [5, 5.41) is 2.93. The maximum Gasteiger partial charge on any atom is 0.188 e. The van der Waals surface area contributed by atoms with Gasteiger partial charge in [0, 0.05) is 30.2 Å². The lowest BCUT2D eigenvalue weighted by Gasteiger charge is -2.13. The molecule has 0 saturated heterocycles. The molecular weight excluding hydrogens is 320 g/mol. The lowest BCUT2D eigenvalue weighted by Crippen LogP contribution is -2.17. The second-order valence-electron chi connectivity index (χ2n) is 6.51. The third kappa shape index (κ3) is 3.39. The second-order valence-corrected chi connectivity index (χ2v) is 7.37. The number of hydrogen-bond donors (Lipinski definition) is 0. The third-order valence-electron chi connectivity index (χ3n) is 4.32. The topological polar surface area (TPSA) is 55.1 Å². The molecule has 0 N–H and O–H groups in total. The van der Waals surface area contributed by atoms with Crippen molar-refractivity contribution in [3.05, 3.63) is 53.2 Å². The van der Waals surface area contributed by atoms with E-state index in [0.29, 0.717) is 11.7 Å². The summed E-state index contributed by atoms with van der Waals surface area (Å²) < 4.78 is 5.98. The highest BCUT2D eigenvalue weighted by molar-refractivity contribution is 7.13. The molecule has 3 aromatic heterocycles. The van der Waals surface area contributed by atoms with Gasteiger partial charge in [0.1, 0.15) is 11.5 Å². The van der Waals surface area contributed by atoms with E-state index >= 15 is 0 Å². The summed E-state index contributed by atoms with van der Waals surface area (Å²) in [4.78, 5) is 15.3. The molecule has 3 aromatic rings. The minimum absolute atomic E-state index is 0.635. The summed E-state index contributed by atoms with van der Waals surface area (Å²) in [6.07, 6.45) is 4.74. The molecule has 1 aliphatic carbocycles. The molecule has 2 unspecified atom stereocenters.